The highest BCUT2D eigenvalue weighted by molar-refractivity contribution is 5.90. The van der Waals surface area contributed by atoms with Crippen LogP contribution in [0.5, 0.6) is 0 Å². The van der Waals surface area contributed by atoms with Gasteiger partial charge in [-0.25, -0.2) is 4.79 Å². The molecule has 2 amide bonds. The molecule has 0 heterocycles. The SMILES string of the molecule is CCC(CC)(NC(=O)OCC1c2ccccc2-c2ccccc21)C(=O)NC1CC(C(=O)O)C1. The molecule has 0 saturated heterocycles. The molecule has 1 fully saturated rings. The molecule has 0 unspecified atom stereocenters. The summed E-state index contributed by atoms with van der Waals surface area (Å²) in [7, 11) is 0. The summed E-state index contributed by atoms with van der Waals surface area (Å²) >= 11 is 0. The van der Waals surface area contributed by atoms with Crippen LogP contribution in [0.3, 0.4) is 0 Å². The number of aliphatic carboxylic acids is 1. The lowest BCUT2D eigenvalue weighted by atomic mass is 9.79. The van der Waals surface area contributed by atoms with Crippen molar-refractivity contribution in [1.29, 1.82) is 0 Å². The van der Waals surface area contributed by atoms with Gasteiger partial charge in [0, 0.05) is 12.0 Å². The molecule has 33 heavy (non-hydrogen) atoms. The Hall–Kier alpha value is -3.35. The summed E-state index contributed by atoms with van der Waals surface area (Å²) in [5.41, 5.74) is 3.45. The van der Waals surface area contributed by atoms with Gasteiger partial charge in [-0.15, -0.1) is 0 Å². The van der Waals surface area contributed by atoms with E-state index in [1.165, 1.54) is 0 Å². The second kappa shape index (κ2) is 9.25. The Morgan fingerprint density at radius 2 is 1.52 bits per heavy atom. The average molecular weight is 451 g/mol. The standard InChI is InChI=1S/C26H30N2O5/c1-3-26(4-2,24(31)27-17-13-16(14-17)23(29)30)28-25(32)33-15-22-20-11-7-5-9-18(20)19-10-6-8-12-21(19)22/h5-12,16-17,22H,3-4,13-15H2,1-2H3,(H,27,31)(H,28,32)(H,29,30). The van der Waals surface area contributed by atoms with Gasteiger partial charge in [0.1, 0.15) is 12.1 Å². The van der Waals surface area contributed by atoms with Gasteiger partial charge in [-0.3, -0.25) is 9.59 Å². The molecule has 0 spiro atoms. The van der Waals surface area contributed by atoms with E-state index in [-0.39, 0.29) is 24.5 Å². The monoisotopic (exact) mass is 450 g/mol. The summed E-state index contributed by atoms with van der Waals surface area (Å²) in [5.74, 6) is -1.61. The van der Waals surface area contributed by atoms with Crippen LogP contribution in [0.25, 0.3) is 11.1 Å². The summed E-state index contributed by atoms with van der Waals surface area (Å²) in [6, 6.07) is 16.1. The molecule has 2 aromatic carbocycles. The van der Waals surface area contributed by atoms with E-state index in [1.54, 1.807) is 0 Å². The molecule has 3 N–H and O–H groups in total. The van der Waals surface area contributed by atoms with E-state index >= 15 is 0 Å². The fraction of sp³-hybridized carbons (Fsp3) is 0.423. The van der Waals surface area contributed by atoms with Crippen LogP contribution in [0.4, 0.5) is 4.79 Å². The lowest BCUT2D eigenvalue weighted by Crippen LogP contribution is -2.61. The molecule has 0 radical (unpaired) electrons. The largest absolute Gasteiger partial charge is 0.481 e. The average Bonchev–Trinajstić information content (AvgIpc) is 3.11. The molecule has 4 rings (SSSR count). The minimum atomic E-state index is -1.10. The highest BCUT2D eigenvalue weighted by atomic mass is 16.5. The van der Waals surface area contributed by atoms with Crippen molar-refractivity contribution in [1.82, 2.24) is 10.6 Å². The van der Waals surface area contributed by atoms with Gasteiger partial charge in [0.05, 0.1) is 5.92 Å². The molecule has 7 heteroatoms. The number of rotatable bonds is 8. The number of hydrogen-bond donors (Lipinski definition) is 3. The van der Waals surface area contributed by atoms with Gasteiger partial charge in [0.15, 0.2) is 0 Å². The lowest BCUT2D eigenvalue weighted by molar-refractivity contribution is -0.146. The van der Waals surface area contributed by atoms with Crippen molar-refractivity contribution < 1.29 is 24.2 Å². The zero-order valence-electron chi connectivity index (χ0n) is 19.0. The van der Waals surface area contributed by atoms with Crippen molar-refractivity contribution in [2.75, 3.05) is 6.61 Å². The number of alkyl carbamates (subject to hydrolysis) is 1. The van der Waals surface area contributed by atoms with Crippen LogP contribution in [-0.2, 0) is 14.3 Å². The molecule has 174 valence electrons. The minimum Gasteiger partial charge on any atom is -0.481 e. The summed E-state index contributed by atoms with van der Waals surface area (Å²) in [4.78, 5) is 36.8. The van der Waals surface area contributed by atoms with Gasteiger partial charge >= 0.3 is 12.1 Å². The summed E-state index contributed by atoms with van der Waals surface area (Å²) in [6.07, 6.45) is 0.988. The Morgan fingerprint density at radius 3 is 2.03 bits per heavy atom. The normalized spacial score (nSPS) is 19.1. The number of nitrogens with one attached hydrogen (secondary N) is 2. The highest BCUT2D eigenvalue weighted by Crippen LogP contribution is 2.44. The quantitative estimate of drug-likeness (QED) is 0.563. The Labute approximate surface area is 193 Å². The van der Waals surface area contributed by atoms with E-state index in [2.05, 4.69) is 34.9 Å². The van der Waals surface area contributed by atoms with Crippen molar-refractivity contribution in [2.45, 2.75) is 57.0 Å². The van der Waals surface area contributed by atoms with Crippen LogP contribution in [0.15, 0.2) is 48.5 Å². The first-order chi connectivity index (χ1) is 15.9. The van der Waals surface area contributed by atoms with Crippen LogP contribution in [0, 0.1) is 5.92 Å². The van der Waals surface area contributed by atoms with E-state index < -0.39 is 23.5 Å². The second-order valence-corrected chi connectivity index (χ2v) is 8.92. The van der Waals surface area contributed by atoms with Crippen LogP contribution in [0.2, 0.25) is 0 Å². The fourth-order valence-corrected chi connectivity index (χ4v) is 4.90. The van der Waals surface area contributed by atoms with E-state index in [4.69, 9.17) is 9.84 Å². The Balaban J connectivity index is 1.40. The van der Waals surface area contributed by atoms with E-state index in [0.29, 0.717) is 25.7 Å². The predicted molar refractivity (Wildman–Crippen MR) is 124 cm³/mol. The number of hydrogen-bond acceptors (Lipinski definition) is 4. The van der Waals surface area contributed by atoms with Crippen LogP contribution >= 0.6 is 0 Å². The highest BCUT2D eigenvalue weighted by Gasteiger charge is 2.42. The molecular weight excluding hydrogens is 420 g/mol. The molecule has 7 nitrogen and oxygen atoms in total. The number of carbonyl (C=O) groups is 3. The number of carbonyl (C=O) groups excluding carboxylic acids is 2. The first-order valence-electron chi connectivity index (χ1n) is 11.6. The number of amides is 2. The van der Waals surface area contributed by atoms with Gasteiger partial charge in [-0.1, -0.05) is 62.4 Å². The molecule has 0 atom stereocenters. The van der Waals surface area contributed by atoms with Crippen LogP contribution in [-0.4, -0.2) is 41.3 Å². The summed E-state index contributed by atoms with van der Waals surface area (Å²) in [5, 5.41) is 14.7. The maximum Gasteiger partial charge on any atom is 0.408 e. The van der Waals surface area contributed by atoms with Crippen LogP contribution < -0.4 is 10.6 Å². The maximum atomic E-state index is 13.0. The number of carboxylic acids is 1. The predicted octanol–water partition coefficient (Wildman–Crippen LogP) is 4.06. The molecule has 2 aromatic rings. The van der Waals surface area contributed by atoms with E-state index in [0.717, 1.165) is 22.3 Å². The van der Waals surface area contributed by atoms with Crippen molar-refractivity contribution in [2.24, 2.45) is 5.92 Å². The molecular formula is C26H30N2O5. The van der Waals surface area contributed by atoms with Crippen molar-refractivity contribution >= 4 is 18.0 Å². The van der Waals surface area contributed by atoms with Gasteiger partial charge in [-0.2, -0.15) is 0 Å². The van der Waals surface area contributed by atoms with Gasteiger partial charge in [0.25, 0.3) is 0 Å². The fourth-order valence-electron chi connectivity index (χ4n) is 4.90. The Morgan fingerprint density at radius 1 is 0.970 bits per heavy atom. The smallest absolute Gasteiger partial charge is 0.408 e. The first kappa shape index (κ1) is 22.8. The summed E-state index contributed by atoms with van der Waals surface area (Å²) < 4.78 is 5.64. The Kier molecular flexibility index (Phi) is 6.40. The first-order valence-corrected chi connectivity index (χ1v) is 11.6. The van der Waals surface area contributed by atoms with Crippen molar-refractivity contribution in [3.05, 3.63) is 59.7 Å². The van der Waals surface area contributed by atoms with Crippen LogP contribution in [0.1, 0.15) is 56.6 Å². The van der Waals surface area contributed by atoms with Gasteiger partial charge in [0.2, 0.25) is 5.91 Å². The number of benzene rings is 2. The molecule has 2 aliphatic rings. The summed E-state index contributed by atoms with van der Waals surface area (Å²) in [6.45, 7) is 3.86. The van der Waals surface area contributed by atoms with Crippen molar-refractivity contribution in [3.63, 3.8) is 0 Å². The topological polar surface area (TPSA) is 105 Å². The van der Waals surface area contributed by atoms with Gasteiger partial charge < -0.3 is 20.5 Å². The molecule has 2 aliphatic carbocycles. The number of carboxylic acid groups (broad SMARTS) is 1. The van der Waals surface area contributed by atoms with E-state index in [1.807, 2.05) is 38.1 Å². The lowest BCUT2D eigenvalue weighted by Gasteiger charge is -2.37. The molecule has 0 aromatic heterocycles. The molecule has 0 bridgehead atoms. The number of fused-ring (bicyclic) bond motifs is 3. The minimum absolute atomic E-state index is 0.0578. The second-order valence-electron chi connectivity index (χ2n) is 8.92. The van der Waals surface area contributed by atoms with E-state index in [9.17, 15) is 14.4 Å². The molecule has 0 aliphatic heterocycles. The molecule has 1 saturated carbocycles. The third-order valence-corrected chi connectivity index (χ3v) is 7.15. The third kappa shape index (κ3) is 4.32. The van der Waals surface area contributed by atoms with Crippen molar-refractivity contribution in [3.8, 4) is 11.1 Å². The maximum absolute atomic E-state index is 13.0. The zero-order chi connectivity index (χ0) is 23.6. The Bertz CT molecular complexity index is 1010. The third-order valence-electron chi connectivity index (χ3n) is 7.15. The zero-order valence-corrected chi connectivity index (χ0v) is 19.0. The number of ether oxygens (including phenoxy) is 1. The van der Waals surface area contributed by atoms with Gasteiger partial charge in [-0.05, 0) is 47.9 Å².